The molecule has 0 fully saturated rings. The lowest BCUT2D eigenvalue weighted by Crippen LogP contribution is -2.14. The summed E-state index contributed by atoms with van der Waals surface area (Å²) in [6.45, 7) is 0.442. The van der Waals surface area contributed by atoms with E-state index in [2.05, 4.69) is 10.4 Å². The highest BCUT2D eigenvalue weighted by molar-refractivity contribution is 7.10. The van der Waals surface area contributed by atoms with Crippen molar-refractivity contribution >= 4 is 29.1 Å². The Labute approximate surface area is 155 Å². The topological polar surface area (TPSA) is 65.4 Å². The summed E-state index contributed by atoms with van der Waals surface area (Å²) < 4.78 is 12.5. The number of ether oxygens (including phenoxy) is 2. The Bertz CT molecular complexity index is 901. The average molecular weight is 369 g/mol. The highest BCUT2D eigenvalue weighted by Crippen LogP contribution is 2.31. The summed E-state index contributed by atoms with van der Waals surface area (Å²) in [5, 5.41) is 9.10. The number of para-hydroxylation sites is 1. The molecule has 0 aliphatic rings. The molecule has 3 rings (SSSR count). The average Bonchev–Trinajstić information content (AvgIpc) is 3.32. The number of benzene rings is 1. The molecule has 0 aliphatic carbocycles. The van der Waals surface area contributed by atoms with Gasteiger partial charge in [0.05, 0.1) is 27.0 Å². The van der Waals surface area contributed by atoms with Gasteiger partial charge in [0.1, 0.15) is 5.82 Å². The molecule has 0 radical (unpaired) electrons. The fourth-order valence-corrected chi connectivity index (χ4v) is 3.13. The zero-order valence-electron chi connectivity index (χ0n) is 14.5. The molecule has 2 aromatic heterocycles. The van der Waals surface area contributed by atoms with Gasteiger partial charge in [-0.05, 0) is 23.6 Å². The van der Waals surface area contributed by atoms with Crippen molar-refractivity contribution in [3.8, 4) is 11.5 Å². The van der Waals surface area contributed by atoms with Crippen molar-refractivity contribution in [2.24, 2.45) is 0 Å². The zero-order chi connectivity index (χ0) is 18.4. The van der Waals surface area contributed by atoms with Gasteiger partial charge < -0.3 is 14.8 Å². The van der Waals surface area contributed by atoms with Crippen molar-refractivity contribution in [3.63, 3.8) is 0 Å². The van der Waals surface area contributed by atoms with E-state index in [0.717, 1.165) is 10.4 Å². The van der Waals surface area contributed by atoms with Gasteiger partial charge in [-0.2, -0.15) is 5.10 Å². The molecule has 0 spiro atoms. The smallest absolute Gasteiger partial charge is 0.249 e. The summed E-state index contributed by atoms with van der Waals surface area (Å²) in [5.74, 6) is 1.70. The van der Waals surface area contributed by atoms with Crippen LogP contribution in [-0.2, 0) is 11.3 Å². The molecule has 1 aromatic carbocycles. The minimum atomic E-state index is -0.210. The Hall–Kier alpha value is -3.06. The molecule has 1 N–H and O–H groups in total. The second-order valence-electron chi connectivity index (χ2n) is 5.36. The van der Waals surface area contributed by atoms with Crippen LogP contribution in [0.25, 0.3) is 6.08 Å². The van der Waals surface area contributed by atoms with Crippen LogP contribution in [0.15, 0.2) is 54.1 Å². The Balaban J connectivity index is 1.74. The van der Waals surface area contributed by atoms with Crippen LogP contribution < -0.4 is 14.8 Å². The summed E-state index contributed by atoms with van der Waals surface area (Å²) in [6.07, 6.45) is 4.94. The molecule has 1 amide bonds. The van der Waals surface area contributed by atoms with Gasteiger partial charge in [0.25, 0.3) is 0 Å². The van der Waals surface area contributed by atoms with Gasteiger partial charge in [0, 0.05) is 22.6 Å². The van der Waals surface area contributed by atoms with E-state index >= 15 is 0 Å². The second kappa shape index (κ2) is 8.35. The number of amides is 1. The van der Waals surface area contributed by atoms with Crippen LogP contribution in [0.4, 0.5) is 5.82 Å². The SMILES string of the molecule is COc1cccc(Cn2nccc2NC(=O)/C=C/c2cccs2)c1OC. The molecular formula is C19H19N3O3S. The summed E-state index contributed by atoms with van der Waals surface area (Å²) in [4.78, 5) is 13.2. The molecule has 0 saturated carbocycles. The van der Waals surface area contributed by atoms with Gasteiger partial charge in [0.15, 0.2) is 11.5 Å². The standard InChI is InChI=1S/C19H19N3O3S/c1-24-16-7-3-5-14(19(16)25-2)13-22-17(10-11-20-22)21-18(23)9-8-15-6-4-12-26-15/h3-12H,13H2,1-2H3,(H,21,23)/b9-8+. The van der Waals surface area contributed by atoms with E-state index in [1.165, 1.54) is 6.08 Å². The van der Waals surface area contributed by atoms with Crippen LogP contribution in [0.2, 0.25) is 0 Å². The Kier molecular flexibility index (Phi) is 5.70. The molecule has 134 valence electrons. The molecule has 0 bridgehead atoms. The van der Waals surface area contributed by atoms with Crippen molar-refractivity contribution < 1.29 is 14.3 Å². The van der Waals surface area contributed by atoms with Gasteiger partial charge in [-0.25, -0.2) is 4.68 Å². The minimum absolute atomic E-state index is 0.210. The summed E-state index contributed by atoms with van der Waals surface area (Å²) in [6, 6.07) is 11.3. The summed E-state index contributed by atoms with van der Waals surface area (Å²) in [5.41, 5.74) is 0.903. The maximum atomic E-state index is 12.2. The van der Waals surface area contributed by atoms with E-state index in [1.54, 1.807) is 48.6 Å². The van der Waals surface area contributed by atoms with Crippen LogP contribution >= 0.6 is 11.3 Å². The predicted octanol–water partition coefficient (Wildman–Crippen LogP) is 3.66. The van der Waals surface area contributed by atoms with E-state index in [1.807, 2.05) is 35.7 Å². The van der Waals surface area contributed by atoms with Crippen LogP contribution in [-0.4, -0.2) is 29.9 Å². The van der Waals surface area contributed by atoms with Crippen LogP contribution in [0.1, 0.15) is 10.4 Å². The number of thiophene rings is 1. The Morgan fingerprint density at radius 2 is 2.12 bits per heavy atom. The van der Waals surface area contributed by atoms with E-state index in [4.69, 9.17) is 9.47 Å². The van der Waals surface area contributed by atoms with E-state index in [-0.39, 0.29) is 5.91 Å². The molecule has 0 saturated heterocycles. The highest BCUT2D eigenvalue weighted by atomic mass is 32.1. The highest BCUT2D eigenvalue weighted by Gasteiger charge is 2.12. The Morgan fingerprint density at radius 3 is 2.85 bits per heavy atom. The molecule has 26 heavy (non-hydrogen) atoms. The number of anilines is 1. The number of rotatable bonds is 7. The van der Waals surface area contributed by atoms with E-state index in [9.17, 15) is 4.79 Å². The van der Waals surface area contributed by atoms with E-state index < -0.39 is 0 Å². The monoisotopic (exact) mass is 369 g/mol. The summed E-state index contributed by atoms with van der Waals surface area (Å²) >= 11 is 1.58. The first-order chi connectivity index (χ1) is 12.7. The number of nitrogens with zero attached hydrogens (tertiary/aromatic N) is 2. The zero-order valence-corrected chi connectivity index (χ0v) is 15.3. The largest absolute Gasteiger partial charge is 0.493 e. The lowest BCUT2D eigenvalue weighted by molar-refractivity contribution is -0.111. The first-order valence-corrected chi connectivity index (χ1v) is 8.83. The quantitative estimate of drug-likeness (QED) is 0.646. The molecule has 2 heterocycles. The van der Waals surface area contributed by atoms with Crippen molar-refractivity contribution in [2.45, 2.75) is 6.54 Å². The maximum Gasteiger partial charge on any atom is 0.249 e. The van der Waals surface area contributed by atoms with Crippen LogP contribution in [0.3, 0.4) is 0 Å². The molecular weight excluding hydrogens is 350 g/mol. The number of carbonyl (C=O) groups is 1. The fraction of sp³-hybridized carbons (Fsp3) is 0.158. The predicted molar refractivity (Wildman–Crippen MR) is 103 cm³/mol. The molecule has 0 aliphatic heterocycles. The third-order valence-electron chi connectivity index (χ3n) is 3.71. The number of carbonyl (C=O) groups excluding carboxylic acids is 1. The number of hydrogen-bond donors (Lipinski definition) is 1. The number of hydrogen-bond acceptors (Lipinski definition) is 5. The third kappa shape index (κ3) is 4.12. The molecule has 7 heteroatoms. The number of aromatic nitrogens is 2. The Morgan fingerprint density at radius 1 is 1.23 bits per heavy atom. The van der Waals surface area contributed by atoms with Gasteiger partial charge in [-0.15, -0.1) is 11.3 Å². The van der Waals surface area contributed by atoms with Crippen LogP contribution in [0, 0.1) is 0 Å². The molecule has 0 atom stereocenters. The van der Waals surface area contributed by atoms with Gasteiger partial charge in [-0.1, -0.05) is 18.2 Å². The van der Waals surface area contributed by atoms with Gasteiger partial charge in [0.2, 0.25) is 5.91 Å². The number of methoxy groups -OCH3 is 2. The first kappa shape index (κ1) is 17.8. The third-order valence-corrected chi connectivity index (χ3v) is 4.55. The molecule has 6 nitrogen and oxygen atoms in total. The maximum absolute atomic E-state index is 12.2. The second-order valence-corrected chi connectivity index (χ2v) is 6.34. The van der Waals surface area contributed by atoms with Gasteiger partial charge in [-0.3, -0.25) is 4.79 Å². The lowest BCUT2D eigenvalue weighted by Gasteiger charge is -2.14. The first-order valence-electron chi connectivity index (χ1n) is 7.95. The molecule has 3 aromatic rings. The van der Waals surface area contributed by atoms with Gasteiger partial charge >= 0.3 is 0 Å². The normalized spacial score (nSPS) is 10.8. The van der Waals surface area contributed by atoms with Crippen molar-refractivity contribution in [1.82, 2.24) is 9.78 Å². The van der Waals surface area contributed by atoms with Crippen LogP contribution in [0.5, 0.6) is 11.5 Å². The fourth-order valence-electron chi connectivity index (χ4n) is 2.52. The van der Waals surface area contributed by atoms with Crippen molar-refractivity contribution in [1.29, 1.82) is 0 Å². The molecule has 0 unspecified atom stereocenters. The summed E-state index contributed by atoms with van der Waals surface area (Å²) in [7, 11) is 3.20. The van der Waals surface area contributed by atoms with E-state index in [0.29, 0.717) is 23.9 Å². The number of nitrogens with one attached hydrogen (secondary N) is 1. The van der Waals surface area contributed by atoms with Crippen molar-refractivity contribution in [3.05, 3.63) is 64.5 Å². The van der Waals surface area contributed by atoms with Crippen molar-refractivity contribution in [2.75, 3.05) is 19.5 Å². The minimum Gasteiger partial charge on any atom is -0.493 e. The lowest BCUT2D eigenvalue weighted by atomic mass is 10.2.